The fourth-order valence-electron chi connectivity index (χ4n) is 3.24. The number of hydrogen-bond donors (Lipinski definition) is 1. The van der Waals surface area contributed by atoms with E-state index in [2.05, 4.69) is 45.3 Å². The van der Waals surface area contributed by atoms with Gasteiger partial charge in [0.15, 0.2) is 5.82 Å². The number of nitrogens with zero attached hydrogens (tertiary/aromatic N) is 5. The molecule has 0 atom stereocenters. The van der Waals surface area contributed by atoms with Gasteiger partial charge in [-0.1, -0.05) is 18.2 Å². The van der Waals surface area contributed by atoms with Crippen molar-refractivity contribution in [3.63, 3.8) is 0 Å². The van der Waals surface area contributed by atoms with Gasteiger partial charge >= 0.3 is 0 Å². The summed E-state index contributed by atoms with van der Waals surface area (Å²) in [4.78, 5) is 13.0. The van der Waals surface area contributed by atoms with Crippen LogP contribution in [0.2, 0.25) is 0 Å². The Kier molecular flexibility index (Phi) is 4.19. The van der Waals surface area contributed by atoms with E-state index in [0.717, 1.165) is 16.6 Å². The summed E-state index contributed by atoms with van der Waals surface area (Å²) in [5.41, 5.74) is 3.02. The zero-order chi connectivity index (χ0) is 19.0. The van der Waals surface area contributed by atoms with Crippen molar-refractivity contribution in [1.82, 2.24) is 24.8 Å². The highest BCUT2D eigenvalue weighted by atomic mass is 16.1. The second kappa shape index (κ2) is 6.68. The van der Waals surface area contributed by atoms with Crippen molar-refractivity contribution in [1.29, 1.82) is 0 Å². The number of carbonyl (C=O) groups excluding carboxylic acids is 1. The standard InChI is InChI=1S/C20H20N6O/c1-13(2)25-12-11-15-17(8-6-10-18(15)25)21-20(27)16-7-4-5-9-19(16)26-14(3)22-23-24-26/h4-13H,1-3H3,(H,21,27). The maximum absolute atomic E-state index is 13.0. The number of tetrazole rings is 1. The van der Waals surface area contributed by atoms with Crippen LogP contribution in [-0.4, -0.2) is 30.7 Å². The Labute approximate surface area is 156 Å². The number of para-hydroxylation sites is 1. The molecule has 2 heterocycles. The zero-order valence-corrected chi connectivity index (χ0v) is 15.4. The van der Waals surface area contributed by atoms with Crippen LogP contribution in [-0.2, 0) is 0 Å². The van der Waals surface area contributed by atoms with Crippen LogP contribution < -0.4 is 5.32 Å². The topological polar surface area (TPSA) is 77.6 Å². The molecule has 0 aliphatic carbocycles. The predicted octanol–water partition coefficient (Wildman–Crippen LogP) is 3.76. The van der Waals surface area contributed by atoms with E-state index >= 15 is 0 Å². The number of fused-ring (bicyclic) bond motifs is 1. The van der Waals surface area contributed by atoms with E-state index in [0.29, 0.717) is 23.1 Å². The number of hydrogen-bond acceptors (Lipinski definition) is 4. The second-order valence-corrected chi connectivity index (χ2v) is 6.66. The molecule has 0 radical (unpaired) electrons. The average Bonchev–Trinajstić information content (AvgIpc) is 3.28. The first-order valence-electron chi connectivity index (χ1n) is 8.81. The molecule has 0 bridgehead atoms. The van der Waals surface area contributed by atoms with Crippen LogP contribution in [0.1, 0.15) is 36.1 Å². The molecule has 2 aromatic carbocycles. The molecule has 0 spiro atoms. The van der Waals surface area contributed by atoms with Crippen molar-refractivity contribution in [3.05, 3.63) is 66.1 Å². The van der Waals surface area contributed by atoms with Crippen LogP contribution in [0.4, 0.5) is 5.69 Å². The quantitative estimate of drug-likeness (QED) is 0.601. The minimum Gasteiger partial charge on any atom is -0.345 e. The first kappa shape index (κ1) is 17.0. The highest BCUT2D eigenvalue weighted by Crippen LogP contribution is 2.27. The number of benzene rings is 2. The van der Waals surface area contributed by atoms with Gasteiger partial charge < -0.3 is 9.88 Å². The maximum atomic E-state index is 13.0. The molecule has 7 heteroatoms. The van der Waals surface area contributed by atoms with Crippen molar-refractivity contribution >= 4 is 22.5 Å². The van der Waals surface area contributed by atoms with Crippen molar-refractivity contribution in [3.8, 4) is 5.69 Å². The SMILES string of the molecule is Cc1nnnn1-c1ccccc1C(=O)Nc1cccc2c1ccn2C(C)C. The molecule has 0 fully saturated rings. The summed E-state index contributed by atoms with van der Waals surface area (Å²) >= 11 is 0. The molecule has 0 aliphatic rings. The highest BCUT2D eigenvalue weighted by Gasteiger charge is 2.16. The van der Waals surface area contributed by atoms with Crippen LogP contribution in [0.5, 0.6) is 0 Å². The molecule has 0 aliphatic heterocycles. The number of carbonyl (C=O) groups is 1. The van der Waals surface area contributed by atoms with Crippen molar-refractivity contribution in [2.24, 2.45) is 0 Å². The third-order valence-corrected chi connectivity index (χ3v) is 4.57. The van der Waals surface area contributed by atoms with Gasteiger partial charge in [0.1, 0.15) is 0 Å². The number of aryl methyl sites for hydroxylation is 1. The molecule has 27 heavy (non-hydrogen) atoms. The van der Waals surface area contributed by atoms with Crippen molar-refractivity contribution < 1.29 is 4.79 Å². The molecule has 1 amide bonds. The van der Waals surface area contributed by atoms with E-state index in [-0.39, 0.29) is 5.91 Å². The van der Waals surface area contributed by atoms with Crippen LogP contribution in [0.3, 0.4) is 0 Å². The monoisotopic (exact) mass is 360 g/mol. The molecule has 4 aromatic rings. The third-order valence-electron chi connectivity index (χ3n) is 4.57. The highest BCUT2D eigenvalue weighted by molar-refractivity contribution is 6.10. The number of nitrogens with one attached hydrogen (secondary N) is 1. The van der Waals surface area contributed by atoms with Gasteiger partial charge in [-0.2, -0.15) is 4.68 Å². The molecule has 2 aromatic heterocycles. The molecule has 0 saturated carbocycles. The van der Waals surface area contributed by atoms with E-state index in [1.54, 1.807) is 17.7 Å². The van der Waals surface area contributed by atoms with Crippen LogP contribution in [0.25, 0.3) is 16.6 Å². The summed E-state index contributed by atoms with van der Waals surface area (Å²) < 4.78 is 3.74. The summed E-state index contributed by atoms with van der Waals surface area (Å²) in [7, 11) is 0. The lowest BCUT2D eigenvalue weighted by Crippen LogP contribution is -2.16. The smallest absolute Gasteiger partial charge is 0.257 e. The Morgan fingerprint density at radius 2 is 1.89 bits per heavy atom. The van der Waals surface area contributed by atoms with E-state index in [4.69, 9.17) is 0 Å². The van der Waals surface area contributed by atoms with Crippen molar-refractivity contribution in [2.75, 3.05) is 5.32 Å². The Morgan fingerprint density at radius 3 is 2.63 bits per heavy atom. The Morgan fingerprint density at radius 1 is 1.07 bits per heavy atom. The summed E-state index contributed by atoms with van der Waals surface area (Å²) in [5, 5.41) is 15.6. The summed E-state index contributed by atoms with van der Waals surface area (Å²) in [6.45, 7) is 6.06. The molecule has 0 unspecified atom stereocenters. The summed E-state index contributed by atoms with van der Waals surface area (Å²) in [6, 6.07) is 15.6. The van der Waals surface area contributed by atoms with E-state index < -0.39 is 0 Å². The zero-order valence-electron chi connectivity index (χ0n) is 15.4. The normalized spacial score (nSPS) is 11.3. The van der Waals surface area contributed by atoms with Gasteiger partial charge in [-0.25, -0.2) is 0 Å². The first-order chi connectivity index (χ1) is 13.1. The Bertz CT molecular complexity index is 1120. The largest absolute Gasteiger partial charge is 0.345 e. The van der Waals surface area contributed by atoms with Gasteiger partial charge in [-0.05, 0) is 61.5 Å². The number of aromatic nitrogens is 5. The lowest BCUT2D eigenvalue weighted by molar-refractivity contribution is 0.102. The van der Waals surface area contributed by atoms with Gasteiger partial charge in [0, 0.05) is 17.6 Å². The number of anilines is 1. The minimum atomic E-state index is -0.203. The lowest BCUT2D eigenvalue weighted by Gasteiger charge is -2.12. The van der Waals surface area contributed by atoms with E-state index in [1.165, 1.54) is 0 Å². The van der Waals surface area contributed by atoms with Gasteiger partial charge in [0.2, 0.25) is 0 Å². The minimum absolute atomic E-state index is 0.203. The first-order valence-corrected chi connectivity index (χ1v) is 8.81. The van der Waals surface area contributed by atoms with E-state index in [9.17, 15) is 4.79 Å². The van der Waals surface area contributed by atoms with Gasteiger partial charge in [-0.15, -0.1) is 5.10 Å². The molecule has 0 saturated heterocycles. The second-order valence-electron chi connectivity index (χ2n) is 6.66. The number of rotatable bonds is 4. The van der Waals surface area contributed by atoms with Crippen LogP contribution >= 0.6 is 0 Å². The predicted molar refractivity (Wildman–Crippen MR) is 104 cm³/mol. The summed E-state index contributed by atoms with van der Waals surface area (Å²) in [5.74, 6) is 0.414. The van der Waals surface area contributed by atoms with Crippen LogP contribution in [0.15, 0.2) is 54.7 Å². The fourth-order valence-corrected chi connectivity index (χ4v) is 3.24. The Hall–Kier alpha value is -3.48. The molecule has 7 nitrogen and oxygen atoms in total. The van der Waals surface area contributed by atoms with Crippen LogP contribution in [0, 0.1) is 6.92 Å². The molecule has 136 valence electrons. The summed E-state index contributed by atoms with van der Waals surface area (Å²) in [6.07, 6.45) is 2.05. The Balaban J connectivity index is 1.72. The average molecular weight is 360 g/mol. The third kappa shape index (κ3) is 2.97. The fraction of sp³-hybridized carbons (Fsp3) is 0.200. The van der Waals surface area contributed by atoms with Crippen molar-refractivity contribution in [2.45, 2.75) is 26.8 Å². The number of amides is 1. The van der Waals surface area contributed by atoms with E-state index in [1.807, 2.05) is 42.6 Å². The molecule has 1 N–H and O–H groups in total. The molecular weight excluding hydrogens is 340 g/mol. The van der Waals surface area contributed by atoms with Gasteiger partial charge in [-0.3, -0.25) is 4.79 Å². The maximum Gasteiger partial charge on any atom is 0.257 e. The molecule has 4 rings (SSSR count). The van der Waals surface area contributed by atoms with Gasteiger partial charge in [0.25, 0.3) is 5.91 Å². The lowest BCUT2D eigenvalue weighted by atomic mass is 10.1. The van der Waals surface area contributed by atoms with Gasteiger partial charge in [0.05, 0.1) is 22.5 Å². The molecular formula is C20H20N6O.